The fraction of sp³-hybridized carbons (Fsp3) is 0.625. The van der Waals surface area contributed by atoms with Gasteiger partial charge in [-0.15, -0.1) is 0 Å². The van der Waals surface area contributed by atoms with Gasteiger partial charge in [-0.25, -0.2) is 4.98 Å². The molecule has 1 aliphatic rings. The highest BCUT2D eigenvalue weighted by Crippen LogP contribution is 2.39. The molecule has 0 N–H and O–H groups in total. The maximum absolute atomic E-state index is 5.25. The van der Waals surface area contributed by atoms with E-state index in [0.717, 1.165) is 5.76 Å². The topological polar surface area (TPSA) is 26.0 Å². The van der Waals surface area contributed by atoms with Gasteiger partial charge in [0.1, 0.15) is 5.76 Å². The Labute approximate surface area is 60.3 Å². The molecule has 0 spiro atoms. The average molecular weight is 137 g/mol. The second-order valence-corrected chi connectivity index (χ2v) is 3.14. The minimum atomic E-state index is 0.576. The van der Waals surface area contributed by atoms with Crippen LogP contribution in [0.3, 0.4) is 0 Å². The van der Waals surface area contributed by atoms with Crippen LogP contribution in [-0.2, 0) is 0 Å². The van der Waals surface area contributed by atoms with Crippen LogP contribution in [0.2, 0.25) is 0 Å². The number of oxazole rings is 1. The Morgan fingerprint density at radius 3 is 3.00 bits per heavy atom. The van der Waals surface area contributed by atoms with E-state index in [2.05, 4.69) is 18.8 Å². The maximum atomic E-state index is 5.25. The minimum absolute atomic E-state index is 0.576. The Balaban J connectivity index is 2.48. The highest BCUT2D eigenvalue weighted by Gasteiger charge is 2.29. The third-order valence-corrected chi connectivity index (χ3v) is 2.25. The molecule has 2 unspecified atom stereocenters. The van der Waals surface area contributed by atoms with E-state index in [9.17, 15) is 0 Å². The summed E-state index contributed by atoms with van der Waals surface area (Å²) in [6.07, 6.45) is 2.75. The number of fused-ring (bicyclic) bond motifs is 1. The molecular weight excluding hydrogens is 126 g/mol. The maximum Gasteiger partial charge on any atom is 0.181 e. The van der Waals surface area contributed by atoms with E-state index in [4.69, 9.17) is 4.42 Å². The van der Waals surface area contributed by atoms with E-state index in [-0.39, 0.29) is 0 Å². The van der Waals surface area contributed by atoms with Crippen molar-refractivity contribution in [2.24, 2.45) is 0 Å². The number of hydrogen-bond donors (Lipinski definition) is 0. The second kappa shape index (κ2) is 1.84. The Kier molecular flexibility index (Phi) is 1.10. The minimum Gasteiger partial charge on any atom is -0.448 e. The van der Waals surface area contributed by atoms with Crippen LogP contribution in [0.15, 0.2) is 10.8 Å². The van der Waals surface area contributed by atoms with Gasteiger partial charge in [-0.3, -0.25) is 0 Å². The number of hydrogen-bond acceptors (Lipinski definition) is 2. The lowest BCUT2D eigenvalue weighted by Crippen LogP contribution is -1.85. The van der Waals surface area contributed by atoms with Gasteiger partial charge < -0.3 is 4.42 Å². The van der Waals surface area contributed by atoms with Gasteiger partial charge in [-0.1, -0.05) is 13.8 Å². The molecule has 10 heavy (non-hydrogen) atoms. The first kappa shape index (κ1) is 5.96. The molecule has 0 bridgehead atoms. The van der Waals surface area contributed by atoms with Crippen molar-refractivity contribution in [2.45, 2.75) is 32.1 Å². The van der Waals surface area contributed by atoms with Crippen molar-refractivity contribution in [1.82, 2.24) is 4.98 Å². The summed E-state index contributed by atoms with van der Waals surface area (Å²) in [5.41, 5.74) is 1.17. The van der Waals surface area contributed by atoms with E-state index in [0.29, 0.717) is 11.8 Å². The largest absolute Gasteiger partial charge is 0.448 e. The van der Waals surface area contributed by atoms with Crippen LogP contribution in [0.4, 0.5) is 0 Å². The lowest BCUT2D eigenvalue weighted by atomic mass is 10.1. The van der Waals surface area contributed by atoms with Crippen molar-refractivity contribution in [1.29, 1.82) is 0 Å². The normalized spacial score (nSPS) is 30.6. The van der Waals surface area contributed by atoms with Gasteiger partial charge in [0.15, 0.2) is 6.39 Å². The summed E-state index contributed by atoms with van der Waals surface area (Å²) in [6.45, 7) is 4.39. The van der Waals surface area contributed by atoms with Gasteiger partial charge in [0.05, 0.1) is 5.69 Å². The van der Waals surface area contributed by atoms with E-state index < -0.39 is 0 Å². The lowest BCUT2D eigenvalue weighted by Gasteiger charge is -1.98. The third-order valence-electron chi connectivity index (χ3n) is 2.25. The predicted molar refractivity (Wildman–Crippen MR) is 38.0 cm³/mol. The van der Waals surface area contributed by atoms with Crippen LogP contribution in [0, 0.1) is 0 Å². The predicted octanol–water partition coefficient (Wildman–Crippen LogP) is 2.29. The van der Waals surface area contributed by atoms with Gasteiger partial charge in [0.25, 0.3) is 0 Å². The molecule has 1 aliphatic carbocycles. The number of nitrogens with zero attached hydrogens (tertiary/aromatic N) is 1. The van der Waals surface area contributed by atoms with E-state index in [1.54, 1.807) is 6.39 Å². The van der Waals surface area contributed by atoms with Crippen LogP contribution >= 0.6 is 0 Å². The first-order chi connectivity index (χ1) is 4.79. The third kappa shape index (κ3) is 0.618. The molecule has 0 aromatic carbocycles. The second-order valence-electron chi connectivity index (χ2n) is 3.14. The smallest absolute Gasteiger partial charge is 0.181 e. The SMILES string of the molecule is CC1CC(C)c2ocnc21. The van der Waals surface area contributed by atoms with Crippen molar-refractivity contribution in [2.75, 3.05) is 0 Å². The molecule has 2 heteroatoms. The fourth-order valence-electron chi connectivity index (χ4n) is 1.75. The number of aromatic nitrogens is 1. The van der Waals surface area contributed by atoms with E-state index in [1.165, 1.54) is 12.1 Å². The Morgan fingerprint density at radius 2 is 2.30 bits per heavy atom. The number of rotatable bonds is 0. The summed E-state index contributed by atoms with van der Waals surface area (Å²) in [4.78, 5) is 4.16. The van der Waals surface area contributed by atoms with Gasteiger partial charge in [-0.2, -0.15) is 0 Å². The van der Waals surface area contributed by atoms with Crippen molar-refractivity contribution >= 4 is 0 Å². The molecule has 2 atom stereocenters. The van der Waals surface area contributed by atoms with Crippen LogP contribution < -0.4 is 0 Å². The molecule has 54 valence electrons. The molecule has 0 saturated heterocycles. The first-order valence-corrected chi connectivity index (χ1v) is 3.72. The first-order valence-electron chi connectivity index (χ1n) is 3.72. The van der Waals surface area contributed by atoms with Crippen molar-refractivity contribution in [3.05, 3.63) is 17.8 Å². The summed E-state index contributed by atoms with van der Waals surface area (Å²) >= 11 is 0. The molecule has 0 aliphatic heterocycles. The molecular formula is C8H11NO. The molecule has 0 radical (unpaired) electrons. The van der Waals surface area contributed by atoms with Crippen LogP contribution in [0.25, 0.3) is 0 Å². The summed E-state index contributed by atoms with van der Waals surface area (Å²) in [6, 6.07) is 0. The fourth-order valence-corrected chi connectivity index (χ4v) is 1.75. The molecule has 0 fully saturated rings. The standard InChI is InChI=1S/C8H11NO/c1-5-3-6(2)8-7(5)9-4-10-8/h4-6H,3H2,1-2H3. The van der Waals surface area contributed by atoms with Gasteiger partial charge in [-0.05, 0) is 6.42 Å². The Hall–Kier alpha value is -0.790. The molecule has 2 rings (SSSR count). The summed E-state index contributed by atoms with van der Waals surface area (Å²) in [5, 5.41) is 0. The molecule has 1 aromatic heterocycles. The van der Waals surface area contributed by atoms with Gasteiger partial charge in [0.2, 0.25) is 0 Å². The monoisotopic (exact) mass is 137 g/mol. The zero-order valence-electron chi connectivity index (χ0n) is 6.29. The zero-order chi connectivity index (χ0) is 7.14. The highest BCUT2D eigenvalue weighted by atomic mass is 16.3. The van der Waals surface area contributed by atoms with Crippen LogP contribution in [0.1, 0.15) is 43.6 Å². The lowest BCUT2D eigenvalue weighted by molar-refractivity contribution is 0.471. The van der Waals surface area contributed by atoms with Crippen LogP contribution in [-0.4, -0.2) is 4.98 Å². The van der Waals surface area contributed by atoms with Crippen molar-refractivity contribution < 1.29 is 4.42 Å². The Morgan fingerprint density at radius 1 is 1.50 bits per heavy atom. The quantitative estimate of drug-likeness (QED) is 0.548. The van der Waals surface area contributed by atoms with Crippen molar-refractivity contribution in [3.8, 4) is 0 Å². The highest BCUT2D eigenvalue weighted by molar-refractivity contribution is 5.22. The van der Waals surface area contributed by atoms with Gasteiger partial charge in [0, 0.05) is 11.8 Å². The molecule has 1 heterocycles. The van der Waals surface area contributed by atoms with Crippen molar-refractivity contribution in [3.63, 3.8) is 0 Å². The molecule has 0 amide bonds. The van der Waals surface area contributed by atoms with E-state index >= 15 is 0 Å². The summed E-state index contributed by atoms with van der Waals surface area (Å²) in [7, 11) is 0. The summed E-state index contributed by atoms with van der Waals surface area (Å²) in [5.74, 6) is 2.28. The summed E-state index contributed by atoms with van der Waals surface area (Å²) < 4.78 is 5.25. The zero-order valence-corrected chi connectivity index (χ0v) is 6.29. The Bertz CT molecular complexity index is 219. The average Bonchev–Trinajstić information content (AvgIpc) is 2.39. The van der Waals surface area contributed by atoms with Crippen LogP contribution in [0.5, 0.6) is 0 Å². The van der Waals surface area contributed by atoms with Gasteiger partial charge >= 0.3 is 0 Å². The molecule has 0 saturated carbocycles. The van der Waals surface area contributed by atoms with E-state index in [1.807, 2.05) is 0 Å². The molecule has 2 nitrogen and oxygen atoms in total. The molecule has 1 aromatic rings.